The summed E-state index contributed by atoms with van der Waals surface area (Å²) < 4.78 is 1.24. The standard InChI is InChI=1S/C8H10N4O/c1-11-6-3-7(10)12(2)8(13)5(6)4-9/h3,11H,10H2,1-2H3. The van der Waals surface area contributed by atoms with E-state index in [9.17, 15) is 4.79 Å². The second kappa shape index (κ2) is 3.19. The monoisotopic (exact) mass is 178 g/mol. The molecule has 0 radical (unpaired) electrons. The quantitative estimate of drug-likeness (QED) is 0.628. The minimum Gasteiger partial charge on any atom is -0.387 e. The Bertz CT molecular complexity index is 427. The number of nitrogens with two attached hydrogens (primary N) is 1. The zero-order valence-electron chi connectivity index (χ0n) is 7.46. The summed E-state index contributed by atoms with van der Waals surface area (Å²) in [5.41, 5.74) is 5.70. The molecular weight excluding hydrogens is 168 g/mol. The molecule has 0 saturated carbocycles. The third-order valence-corrected chi connectivity index (χ3v) is 1.85. The first-order chi connectivity index (χ1) is 6.11. The SMILES string of the molecule is CNc1cc(N)n(C)c(=O)c1C#N. The number of pyridine rings is 1. The third kappa shape index (κ3) is 1.34. The summed E-state index contributed by atoms with van der Waals surface area (Å²) >= 11 is 0. The van der Waals surface area contributed by atoms with Crippen LogP contribution in [-0.2, 0) is 7.05 Å². The van der Waals surface area contributed by atoms with Gasteiger partial charge in [-0.1, -0.05) is 0 Å². The molecule has 13 heavy (non-hydrogen) atoms. The minimum absolute atomic E-state index is 0.0826. The van der Waals surface area contributed by atoms with Gasteiger partial charge in [0.1, 0.15) is 17.5 Å². The van der Waals surface area contributed by atoms with Gasteiger partial charge in [0.05, 0.1) is 5.69 Å². The Morgan fingerprint density at radius 1 is 1.69 bits per heavy atom. The van der Waals surface area contributed by atoms with Crippen molar-refractivity contribution in [2.45, 2.75) is 0 Å². The maximum absolute atomic E-state index is 11.4. The summed E-state index contributed by atoms with van der Waals surface area (Å²) in [5.74, 6) is 0.327. The largest absolute Gasteiger partial charge is 0.387 e. The molecule has 3 N–H and O–H groups in total. The van der Waals surface area contributed by atoms with Crippen LogP contribution in [0.1, 0.15) is 5.56 Å². The molecule has 1 rings (SSSR count). The van der Waals surface area contributed by atoms with Gasteiger partial charge in [-0.3, -0.25) is 9.36 Å². The molecule has 0 amide bonds. The van der Waals surface area contributed by atoms with E-state index in [2.05, 4.69) is 5.32 Å². The molecule has 0 bridgehead atoms. The Labute approximate surface area is 75.4 Å². The van der Waals surface area contributed by atoms with E-state index in [0.717, 1.165) is 0 Å². The van der Waals surface area contributed by atoms with Gasteiger partial charge >= 0.3 is 0 Å². The van der Waals surface area contributed by atoms with Crippen molar-refractivity contribution in [3.8, 4) is 6.07 Å². The average molecular weight is 178 g/mol. The number of nitrogens with zero attached hydrogens (tertiary/aromatic N) is 2. The molecule has 0 saturated heterocycles. The van der Waals surface area contributed by atoms with Crippen molar-refractivity contribution in [3.63, 3.8) is 0 Å². The number of hydrogen-bond acceptors (Lipinski definition) is 4. The summed E-state index contributed by atoms with van der Waals surface area (Å²) in [6, 6.07) is 3.39. The zero-order chi connectivity index (χ0) is 10.0. The van der Waals surface area contributed by atoms with Crippen LogP contribution in [0.2, 0.25) is 0 Å². The van der Waals surface area contributed by atoms with Crippen molar-refractivity contribution >= 4 is 11.5 Å². The van der Waals surface area contributed by atoms with Crippen LogP contribution in [-0.4, -0.2) is 11.6 Å². The summed E-state index contributed by atoms with van der Waals surface area (Å²) in [4.78, 5) is 11.4. The van der Waals surface area contributed by atoms with Crippen LogP contribution in [0.15, 0.2) is 10.9 Å². The Hall–Kier alpha value is -1.96. The predicted octanol–water partition coefficient (Wildman–Crippen LogP) is -0.119. The first-order valence-electron chi connectivity index (χ1n) is 3.69. The molecule has 0 aliphatic heterocycles. The number of nitrogens with one attached hydrogen (secondary N) is 1. The molecule has 0 aliphatic carbocycles. The maximum Gasteiger partial charge on any atom is 0.271 e. The van der Waals surface area contributed by atoms with Crippen LogP contribution in [0.25, 0.3) is 0 Å². The number of anilines is 2. The van der Waals surface area contributed by atoms with E-state index in [4.69, 9.17) is 11.0 Å². The third-order valence-electron chi connectivity index (χ3n) is 1.85. The highest BCUT2D eigenvalue weighted by Gasteiger charge is 2.08. The van der Waals surface area contributed by atoms with Crippen LogP contribution in [0, 0.1) is 11.3 Å². The van der Waals surface area contributed by atoms with Crippen molar-refractivity contribution in [1.29, 1.82) is 5.26 Å². The van der Waals surface area contributed by atoms with Gasteiger partial charge < -0.3 is 11.1 Å². The fraction of sp³-hybridized carbons (Fsp3) is 0.250. The molecule has 0 aliphatic rings. The molecule has 5 heteroatoms. The number of hydrogen-bond donors (Lipinski definition) is 2. The molecule has 0 spiro atoms. The topological polar surface area (TPSA) is 83.8 Å². The van der Waals surface area contributed by atoms with Crippen molar-refractivity contribution in [2.75, 3.05) is 18.1 Å². The van der Waals surface area contributed by atoms with Gasteiger partial charge in [0.2, 0.25) is 0 Å². The van der Waals surface area contributed by atoms with E-state index in [0.29, 0.717) is 11.5 Å². The van der Waals surface area contributed by atoms with Crippen LogP contribution < -0.4 is 16.6 Å². The zero-order valence-corrected chi connectivity index (χ0v) is 7.46. The van der Waals surface area contributed by atoms with Gasteiger partial charge in [0.25, 0.3) is 5.56 Å². The molecule has 1 heterocycles. The molecule has 0 unspecified atom stereocenters. The van der Waals surface area contributed by atoms with Crippen molar-refractivity contribution in [3.05, 3.63) is 22.0 Å². The number of nitrogen functional groups attached to an aromatic ring is 1. The van der Waals surface area contributed by atoms with E-state index >= 15 is 0 Å². The minimum atomic E-state index is -0.383. The van der Waals surface area contributed by atoms with Crippen LogP contribution in [0.4, 0.5) is 11.5 Å². The van der Waals surface area contributed by atoms with E-state index in [1.54, 1.807) is 13.1 Å². The van der Waals surface area contributed by atoms with Crippen molar-refractivity contribution in [1.82, 2.24) is 4.57 Å². The van der Waals surface area contributed by atoms with E-state index < -0.39 is 0 Å². The van der Waals surface area contributed by atoms with Gasteiger partial charge in [-0.15, -0.1) is 0 Å². The smallest absolute Gasteiger partial charge is 0.271 e. The maximum atomic E-state index is 11.4. The van der Waals surface area contributed by atoms with Crippen LogP contribution in [0.3, 0.4) is 0 Å². The highest BCUT2D eigenvalue weighted by molar-refractivity contribution is 5.60. The van der Waals surface area contributed by atoms with Gasteiger partial charge in [-0.05, 0) is 0 Å². The lowest BCUT2D eigenvalue weighted by Crippen LogP contribution is -2.23. The number of nitriles is 1. The highest BCUT2D eigenvalue weighted by Crippen LogP contribution is 2.12. The molecule has 1 aromatic rings. The molecule has 0 fully saturated rings. The van der Waals surface area contributed by atoms with Crippen molar-refractivity contribution < 1.29 is 0 Å². The normalized spacial score (nSPS) is 9.31. The highest BCUT2D eigenvalue weighted by atomic mass is 16.1. The number of aromatic nitrogens is 1. The Kier molecular flexibility index (Phi) is 2.24. The van der Waals surface area contributed by atoms with Crippen molar-refractivity contribution in [2.24, 2.45) is 7.05 Å². The fourth-order valence-corrected chi connectivity index (χ4v) is 1.02. The first kappa shape index (κ1) is 9.13. The predicted molar refractivity (Wildman–Crippen MR) is 50.4 cm³/mol. The lowest BCUT2D eigenvalue weighted by Gasteiger charge is -2.07. The molecule has 68 valence electrons. The molecule has 1 aromatic heterocycles. The Morgan fingerprint density at radius 3 is 2.77 bits per heavy atom. The fourth-order valence-electron chi connectivity index (χ4n) is 1.02. The van der Waals surface area contributed by atoms with Gasteiger partial charge in [0, 0.05) is 20.2 Å². The van der Waals surface area contributed by atoms with Gasteiger partial charge in [0.15, 0.2) is 0 Å². The van der Waals surface area contributed by atoms with Gasteiger partial charge in [-0.2, -0.15) is 5.26 Å². The molecular formula is C8H10N4O. The summed E-state index contributed by atoms with van der Waals surface area (Å²) in [6.45, 7) is 0. The number of rotatable bonds is 1. The second-order valence-electron chi connectivity index (χ2n) is 2.58. The first-order valence-corrected chi connectivity index (χ1v) is 3.69. The summed E-state index contributed by atoms with van der Waals surface area (Å²) in [5, 5.41) is 11.4. The van der Waals surface area contributed by atoms with Gasteiger partial charge in [-0.25, -0.2) is 0 Å². The summed E-state index contributed by atoms with van der Waals surface area (Å²) in [7, 11) is 3.16. The average Bonchev–Trinajstić information content (AvgIpc) is 2.13. The Balaban J connectivity index is 3.61. The van der Waals surface area contributed by atoms with E-state index in [1.807, 2.05) is 6.07 Å². The molecule has 5 nitrogen and oxygen atoms in total. The molecule has 0 atom stereocenters. The lowest BCUT2D eigenvalue weighted by molar-refractivity contribution is 0.871. The molecule has 0 aromatic carbocycles. The lowest BCUT2D eigenvalue weighted by atomic mass is 10.2. The summed E-state index contributed by atoms with van der Waals surface area (Å²) in [6.07, 6.45) is 0. The van der Waals surface area contributed by atoms with Crippen LogP contribution in [0.5, 0.6) is 0 Å². The second-order valence-corrected chi connectivity index (χ2v) is 2.58. The Morgan fingerprint density at radius 2 is 2.31 bits per heavy atom. The van der Waals surface area contributed by atoms with Crippen LogP contribution >= 0.6 is 0 Å². The van der Waals surface area contributed by atoms with E-state index in [1.165, 1.54) is 11.6 Å². The van der Waals surface area contributed by atoms with E-state index in [-0.39, 0.29) is 11.1 Å².